The van der Waals surface area contributed by atoms with Gasteiger partial charge in [0.15, 0.2) is 0 Å². The maximum Gasteiger partial charge on any atom is 0.225 e. The van der Waals surface area contributed by atoms with Crippen molar-refractivity contribution in [3.05, 3.63) is 18.6 Å². The van der Waals surface area contributed by atoms with Gasteiger partial charge in [-0.3, -0.25) is 9.78 Å². The lowest BCUT2D eigenvalue weighted by molar-refractivity contribution is -0.129. The summed E-state index contributed by atoms with van der Waals surface area (Å²) in [5, 5.41) is 0. The Morgan fingerprint density at radius 2 is 2.11 bits per heavy atom. The number of anilines is 1. The largest absolute Gasteiger partial charge is 0.350 e. The van der Waals surface area contributed by atoms with Crippen molar-refractivity contribution in [1.29, 1.82) is 0 Å². The lowest BCUT2D eigenvalue weighted by Gasteiger charge is -2.25. The first-order valence-electron chi connectivity index (χ1n) is 7.15. The normalized spacial score (nSPS) is 30.0. The van der Waals surface area contributed by atoms with E-state index in [1.54, 1.807) is 18.6 Å². The number of carbonyl (C=O) groups is 1. The minimum Gasteiger partial charge on any atom is -0.350 e. The van der Waals surface area contributed by atoms with Crippen molar-refractivity contribution < 1.29 is 4.79 Å². The molecule has 0 spiro atoms. The number of amides is 1. The van der Waals surface area contributed by atoms with Crippen LogP contribution < -0.4 is 4.90 Å². The zero-order chi connectivity index (χ0) is 12.8. The van der Waals surface area contributed by atoms with Crippen molar-refractivity contribution in [3.8, 4) is 0 Å². The van der Waals surface area contributed by atoms with E-state index in [2.05, 4.69) is 19.8 Å². The van der Waals surface area contributed by atoms with Crippen LogP contribution in [0.4, 0.5) is 5.82 Å². The molecule has 5 heteroatoms. The van der Waals surface area contributed by atoms with E-state index >= 15 is 0 Å². The minimum atomic E-state index is 0.308. The molecule has 3 heterocycles. The van der Waals surface area contributed by atoms with Crippen LogP contribution in [0.15, 0.2) is 18.6 Å². The van der Waals surface area contributed by atoms with Gasteiger partial charge in [-0.2, -0.15) is 0 Å². The number of hydrogen-bond donors (Lipinski definition) is 0. The first-order valence-corrected chi connectivity index (χ1v) is 7.15. The fraction of sp³-hybridized carbons (Fsp3) is 0.643. The summed E-state index contributed by atoms with van der Waals surface area (Å²) >= 11 is 0. The topological polar surface area (TPSA) is 49.3 Å². The predicted molar refractivity (Wildman–Crippen MR) is 70.6 cm³/mol. The van der Waals surface area contributed by atoms with Crippen LogP contribution in [0.2, 0.25) is 0 Å². The van der Waals surface area contributed by atoms with Gasteiger partial charge in [0.05, 0.1) is 18.3 Å². The van der Waals surface area contributed by atoms with Gasteiger partial charge in [-0.15, -0.1) is 0 Å². The first-order chi connectivity index (χ1) is 9.33. The Kier molecular flexibility index (Phi) is 2.47. The highest BCUT2D eigenvalue weighted by atomic mass is 16.2. The number of rotatable bonds is 3. The highest BCUT2D eigenvalue weighted by Crippen LogP contribution is 2.38. The Labute approximate surface area is 112 Å². The maximum absolute atomic E-state index is 12.2. The molecule has 1 aliphatic carbocycles. The number of hydrogen-bond acceptors (Lipinski definition) is 4. The third kappa shape index (κ3) is 1.88. The van der Waals surface area contributed by atoms with Gasteiger partial charge in [0.2, 0.25) is 5.91 Å². The molecule has 1 saturated carbocycles. The second-order valence-corrected chi connectivity index (χ2v) is 5.87. The van der Waals surface area contributed by atoms with E-state index in [1.807, 2.05) is 0 Å². The monoisotopic (exact) mass is 258 g/mol. The van der Waals surface area contributed by atoms with Gasteiger partial charge in [-0.05, 0) is 25.2 Å². The lowest BCUT2D eigenvalue weighted by Crippen LogP contribution is -2.38. The van der Waals surface area contributed by atoms with Crippen LogP contribution in [0.3, 0.4) is 0 Å². The van der Waals surface area contributed by atoms with E-state index in [1.165, 1.54) is 12.8 Å². The Morgan fingerprint density at radius 3 is 2.84 bits per heavy atom. The van der Waals surface area contributed by atoms with Gasteiger partial charge in [0, 0.05) is 31.9 Å². The predicted octanol–water partition coefficient (Wildman–Crippen LogP) is 1.07. The number of likely N-dealkylation sites (tertiary alicyclic amines) is 1. The zero-order valence-corrected chi connectivity index (χ0v) is 10.9. The van der Waals surface area contributed by atoms with Crippen LogP contribution >= 0.6 is 0 Å². The highest BCUT2D eigenvalue weighted by molar-refractivity contribution is 5.81. The van der Waals surface area contributed by atoms with Crippen molar-refractivity contribution in [2.24, 2.45) is 5.92 Å². The molecule has 4 rings (SSSR count). The quantitative estimate of drug-likeness (QED) is 0.813. The van der Waals surface area contributed by atoms with Gasteiger partial charge in [-0.25, -0.2) is 4.98 Å². The van der Waals surface area contributed by atoms with Crippen LogP contribution in [0.1, 0.15) is 25.7 Å². The zero-order valence-electron chi connectivity index (χ0n) is 10.9. The molecule has 1 aromatic heterocycles. The van der Waals surface area contributed by atoms with Crippen molar-refractivity contribution >= 4 is 11.7 Å². The summed E-state index contributed by atoms with van der Waals surface area (Å²) in [7, 11) is 0. The lowest BCUT2D eigenvalue weighted by atomic mass is 10.1. The molecule has 5 nitrogen and oxygen atoms in total. The maximum atomic E-state index is 12.2. The molecule has 2 saturated heterocycles. The molecule has 0 unspecified atom stereocenters. The Bertz CT molecular complexity index is 487. The van der Waals surface area contributed by atoms with Gasteiger partial charge >= 0.3 is 0 Å². The molecule has 100 valence electrons. The summed E-state index contributed by atoms with van der Waals surface area (Å²) in [4.78, 5) is 25.1. The van der Waals surface area contributed by atoms with Crippen LogP contribution in [-0.2, 0) is 4.79 Å². The van der Waals surface area contributed by atoms with Gasteiger partial charge in [-0.1, -0.05) is 0 Å². The summed E-state index contributed by atoms with van der Waals surface area (Å²) in [5.41, 5.74) is 0. The molecule has 2 atom stereocenters. The minimum absolute atomic E-state index is 0.308. The fourth-order valence-corrected chi connectivity index (χ4v) is 3.47. The molecule has 0 aromatic carbocycles. The van der Waals surface area contributed by atoms with Crippen LogP contribution in [0.25, 0.3) is 0 Å². The fourth-order valence-electron chi connectivity index (χ4n) is 3.47. The highest BCUT2D eigenvalue weighted by Gasteiger charge is 2.48. The first kappa shape index (κ1) is 11.2. The van der Waals surface area contributed by atoms with E-state index in [0.717, 1.165) is 31.2 Å². The number of aromatic nitrogens is 2. The second kappa shape index (κ2) is 4.18. The Hall–Kier alpha value is -1.65. The molecule has 1 amide bonds. The van der Waals surface area contributed by atoms with Crippen LogP contribution in [-0.4, -0.2) is 45.9 Å². The summed E-state index contributed by atoms with van der Waals surface area (Å²) in [6, 6.07) is 0.707. The standard InChI is InChI=1S/C14H18N4O/c19-14-7-12-11(18(14)9-10-1-2-10)3-6-17(12)13-8-15-4-5-16-13/h4-5,8,10-12H,1-3,6-7,9H2/t11-,12-/m0/s1. The second-order valence-electron chi connectivity index (χ2n) is 5.87. The number of carbonyl (C=O) groups excluding carboxylic acids is 1. The molecular weight excluding hydrogens is 240 g/mol. The van der Waals surface area contributed by atoms with Gasteiger partial charge in [0.1, 0.15) is 5.82 Å². The van der Waals surface area contributed by atoms with E-state index < -0.39 is 0 Å². The molecule has 3 fully saturated rings. The Morgan fingerprint density at radius 1 is 1.21 bits per heavy atom. The van der Waals surface area contributed by atoms with E-state index in [4.69, 9.17) is 0 Å². The third-order valence-corrected chi connectivity index (χ3v) is 4.61. The number of fused-ring (bicyclic) bond motifs is 1. The van der Waals surface area contributed by atoms with Crippen LogP contribution in [0, 0.1) is 5.92 Å². The van der Waals surface area contributed by atoms with Gasteiger partial charge < -0.3 is 9.80 Å². The van der Waals surface area contributed by atoms with E-state index in [9.17, 15) is 4.79 Å². The average Bonchev–Trinajstić information content (AvgIpc) is 3.09. The van der Waals surface area contributed by atoms with E-state index in [0.29, 0.717) is 24.4 Å². The number of nitrogens with zero attached hydrogens (tertiary/aromatic N) is 4. The molecule has 1 aromatic rings. The summed E-state index contributed by atoms with van der Waals surface area (Å²) < 4.78 is 0. The molecule has 2 aliphatic heterocycles. The molecular formula is C14H18N4O. The summed E-state index contributed by atoms with van der Waals surface area (Å²) in [6.07, 6.45) is 9.53. The van der Waals surface area contributed by atoms with Crippen molar-refractivity contribution in [3.63, 3.8) is 0 Å². The molecule has 0 bridgehead atoms. The SMILES string of the molecule is O=C1C[C@H]2[C@H](CCN2c2cnccn2)N1CC1CC1. The van der Waals surface area contributed by atoms with Crippen molar-refractivity contribution in [2.45, 2.75) is 37.8 Å². The Balaban J connectivity index is 1.55. The third-order valence-electron chi connectivity index (χ3n) is 4.61. The molecule has 3 aliphatic rings. The smallest absolute Gasteiger partial charge is 0.225 e. The van der Waals surface area contributed by atoms with Crippen molar-refractivity contribution in [1.82, 2.24) is 14.9 Å². The average molecular weight is 258 g/mol. The van der Waals surface area contributed by atoms with Crippen molar-refractivity contribution in [2.75, 3.05) is 18.0 Å². The molecule has 0 N–H and O–H groups in total. The summed E-state index contributed by atoms with van der Waals surface area (Å²) in [6.45, 7) is 1.97. The van der Waals surface area contributed by atoms with E-state index in [-0.39, 0.29) is 0 Å². The molecule has 0 radical (unpaired) electrons. The summed E-state index contributed by atoms with van der Waals surface area (Å²) in [5.74, 6) is 2.01. The van der Waals surface area contributed by atoms with Crippen LogP contribution in [0.5, 0.6) is 0 Å². The molecule has 19 heavy (non-hydrogen) atoms. The van der Waals surface area contributed by atoms with Gasteiger partial charge in [0.25, 0.3) is 0 Å².